The van der Waals surface area contributed by atoms with E-state index >= 15 is 0 Å². The third-order valence-electron chi connectivity index (χ3n) is 3.58. The van der Waals surface area contributed by atoms with E-state index in [0.29, 0.717) is 11.6 Å². The Bertz CT molecular complexity index is 731. The number of halogens is 1. The Hall–Kier alpha value is -2.97. The van der Waals surface area contributed by atoms with Crippen LogP contribution in [-0.2, 0) is 0 Å². The Balaban J connectivity index is 2.00. The molecule has 0 amide bonds. The highest BCUT2D eigenvalue weighted by atomic mass is 19.1. The molecule has 0 spiro atoms. The van der Waals surface area contributed by atoms with Crippen LogP contribution in [-0.4, -0.2) is 28.0 Å². The van der Waals surface area contributed by atoms with Crippen molar-refractivity contribution < 1.29 is 9.31 Å². The molecule has 1 aliphatic rings. The van der Waals surface area contributed by atoms with Crippen molar-refractivity contribution in [2.24, 2.45) is 0 Å². The summed E-state index contributed by atoms with van der Waals surface area (Å²) in [7, 11) is 0. The largest absolute Gasteiger partial charge is 0.378 e. The lowest BCUT2D eigenvalue weighted by atomic mass is 10.3. The Kier molecular flexibility index (Phi) is 3.92. The maximum atomic E-state index is 13.0. The summed E-state index contributed by atoms with van der Waals surface area (Å²) in [5.74, 6) is -0.243. The summed E-state index contributed by atoms with van der Waals surface area (Å²) in [5, 5.41) is 14.1. The first-order valence-electron chi connectivity index (χ1n) is 7.14. The number of hydrogen-bond donors (Lipinski definition) is 2. The van der Waals surface area contributed by atoms with E-state index < -0.39 is 16.4 Å². The molecule has 2 aromatic rings. The summed E-state index contributed by atoms with van der Waals surface area (Å²) >= 11 is 0. The molecule has 1 fully saturated rings. The van der Waals surface area contributed by atoms with Crippen LogP contribution in [0.25, 0.3) is 0 Å². The van der Waals surface area contributed by atoms with Crippen LogP contribution in [0.3, 0.4) is 0 Å². The molecule has 1 aromatic heterocycles. The smallest absolute Gasteiger partial charge is 0.353 e. The van der Waals surface area contributed by atoms with Gasteiger partial charge in [0, 0.05) is 18.8 Å². The summed E-state index contributed by atoms with van der Waals surface area (Å²) < 4.78 is 13.0. The molecule has 3 rings (SSSR count). The van der Waals surface area contributed by atoms with Gasteiger partial charge in [-0.3, -0.25) is 10.1 Å². The molecule has 9 heteroatoms. The minimum atomic E-state index is -0.630. The summed E-state index contributed by atoms with van der Waals surface area (Å²) in [6, 6.07) is 5.43. The summed E-state index contributed by atoms with van der Waals surface area (Å²) in [4.78, 5) is 20.8. The fraction of sp³-hybridized carbons (Fsp3) is 0.286. The molecule has 1 saturated heterocycles. The lowest BCUT2D eigenvalue weighted by molar-refractivity contribution is -0.383. The highest BCUT2D eigenvalue weighted by Crippen LogP contribution is 2.32. The maximum absolute atomic E-state index is 13.0. The van der Waals surface area contributed by atoms with Crippen LogP contribution in [0.5, 0.6) is 0 Å². The first-order chi connectivity index (χ1) is 11.0. The number of anilines is 4. The van der Waals surface area contributed by atoms with Crippen LogP contribution in [0.2, 0.25) is 0 Å². The van der Waals surface area contributed by atoms with Gasteiger partial charge < -0.3 is 16.0 Å². The summed E-state index contributed by atoms with van der Waals surface area (Å²) in [6.07, 6.45) is 2.03. The number of nitrogens with two attached hydrogens (primary N) is 1. The molecule has 120 valence electrons. The van der Waals surface area contributed by atoms with Crippen LogP contribution in [0.15, 0.2) is 24.3 Å². The fourth-order valence-corrected chi connectivity index (χ4v) is 2.46. The number of rotatable bonds is 4. The highest BCUT2D eigenvalue weighted by Gasteiger charge is 2.26. The number of nitrogens with one attached hydrogen (secondary N) is 1. The van der Waals surface area contributed by atoms with Crippen molar-refractivity contribution >= 4 is 29.0 Å². The molecular formula is C14H15FN6O2. The van der Waals surface area contributed by atoms with Gasteiger partial charge in [-0.1, -0.05) is 0 Å². The molecule has 23 heavy (non-hydrogen) atoms. The fourth-order valence-electron chi connectivity index (χ4n) is 2.46. The van der Waals surface area contributed by atoms with E-state index in [-0.39, 0.29) is 11.6 Å². The van der Waals surface area contributed by atoms with Crippen LogP contribution >= 0.6 is 0 Å². The second-order valence-corrected chi connectivity index (χ2v) is 5.19. The lowest BCUT2D eigenvalue weighted by Crippen LogP contribution is -2.22. The highest BCUT2D eigenvalue weighted by molar-refractivity contribution is 5.74. The molecule has 0 unspecified atom stereocenters. The number of hydrogen-bond acceptors (Lipinski definition) is 7. The quantitative estimate of drug-likeness (QED) is 0.658. The van der Waals surface area contributed by atoms with E-state index in [4.69, 9.17) is 5.73 Å². The SMILES string of the molecule is Nc1nc(N2CCCC2)nc(Nc2ccc(F)cc2)c1[N+](=O)[O-]. The number of nitrogens with zero attached hydrogens (tertiary/aromatic N) is 4. The number of benzene rings is 1. The van der Waals surface area contributed by atoms with Gasteiger partial charge in [-0.05, 0) is 37.1 Å². The lowest BCUT2D eigenvalue weighted by Gasteiger charge is -2.17. The van der Waals surface area contributed by atoms with Crippen molar-refractivity contribution in [1.82, 2.24) is 9.97 Å². The molecule has 0 atom stereocenters. The van der Waals surface area contributed by atoms with Crippen molar-refractivity contribution in [3.8, 4) is 0 Å². The predicted molar refractivity (Wildman–Crippen MR) is 84.2 cm³/mol. The normalized spacial score (nSPS) is 14.0. The van der Waals surface area contributed by atoms with Crippen LogP contribution in [0.1, 0.15) is 12.8 Å². The zero-order valence-corrected chi connectivity index (χ0v) is 12.2. The molecule has 0 saturated carbocycles. The molecule has 1 aliphatic heterocycles. The first-order valence-corrected chi connectivity index (χ1v) is 7.14. The monoisotopic (exact) mass is 318 g/mol. The number of nitrogen functional groups attached to an aromatic ring is 1. The molecule has 0 bridgehead atoms. The van der Waals surface area contributed by atoms with E-state index in [1.807, 2.05) is 4.90 Å². The van der Waals surface area contributed by atoms with E-state index in [9.17, 15) is 14.5 Å². The Morgan fingerprint density at radius 1 is 1.22 bits per heavy atom. The molecule has 3 N–H and O–H groups in total. The van der Waals surface area contributed by atoms with Gasteiger partial charge in [-0.2, -0.15) is 9.97 Å². The van der Waals surface area contributed by atoms with Gasteiger partial charge in [0.25, 0.3) is 0 Å². The Morgan fingerprint density at radius 3 is 2.48 bits per heavy atom. The van der Waals surface area contributed by atoms with Crippen molar-refractivity contribution in [3.05, 3.63) is 40.2 Å². The van der Waals surface area contributed by atoms with Crippen molar-refractivity contribution in [3.63, 3.8) is 0 Å². The maximum Gasteiger partial charge on any atom is 0.353 e. The topological polar surface area (TPSA) is 110 Å². The molecule has 2 heterocycles. The number of nitro groups is 1. The second-order valence-electron chi connectivity index (χ2n) is 5.19. The third kappa shape index (κ3) is 3.12. The minimum absolute atomic E-state index is 0.00370. The van der Waals surface area contributed by atoms with Gasteiger partial charge in [0.2, 0.25) is 17.6 Å². The van der Waals surface area contributed by atoms with Gasteiger partial charge in [0.15, 0.2) is 0 Å². The standard InChI is InChI=1S/C14H15FN6O2/c15-9-3-5-10(6-4-9)17-13-11(21(22)23)12(16)18-14(19-13)20-7-1-2-8-20/h3-6H,1-2,7-8H2,(H3,16,17,18,19). The van der Waals surface area contributed by atoms with Gasteiger partial charge in [-0.25, -0.2) is 4.39 Å². The van der Waals surface area contributed by atoms with E-state index in [1.54, 1.807) is 0 Å². The second kappa shape index (κ2) is 6.03. The van der Waals surface area contributed by atoms with E-state index in [2.05, 4.69) is 15.3 Å². The van der Waals surface area contributed by atoms with Crippen molar-refractivity contribution in [2.45, 2.75) is 12.8 Å². The van der Waals surface area contributed by atoms with Crippen LogP contribution < -0.4 is 16.0 Å². The molecule has 0 aliphatic carbocycles. The van der Waals surface area contributed by atoms with Gasteiger partial charge in [-0.15, -0.1) is 0 Å². The summed E-state index contributed by atoms with van der Waals surface area (Å²) in [6.45, 7) is 1.57. The predicted octanol–water partition coefficient (Wildman–Crippen LogP) is 2.45. The van der Waals surface area contributed by atoms with Gasteiger partial charge >= 0.3 is 5.69 Å². The minimum Gasteiger partial charge on any atom is -0.378 e. The third-order valence-corrected chi connectivity index (χ3v) is 3.58. The Morgan fingerprint density at radius 2 is 1.87 bits per heavy atom. The molecule has 0 radical (unpaired) electrons. The van der Waals surface area contributed by atoms with Crippen molar-refractivity contribution in [1.29, 1.82) is 0 Å². The zero-order valence-electron chi connectivity index (χ0n) is 12.2. The van der Waals surface area contributed by atoms with E-state index in [0.717, 1.165) is 25.9 Å². The van der Waals surface area contributed by atoms with Gasteiger partial charge in [0.1, 0.15) is 5.82 Å². The van der Waals surface area contributed by atoms with Gasteiger partial charge in [0.05, 0.1) is 4.92 Å². The van der Waals surface area contributed by atoms with E-state index in [1.165, 1.54) is 24.3 Å². The van der Waals surface area contributed by atoms with Crippen LogP contribution in [0, 0.1) is 15.9 Å². The molecule has 1 aromatic carbocycles. The average molecular weight is 318 g/mol. The molecular weight excluding hydrogens is 303 g/mol. The molecule has 8 nitrogen and oxygen atoms in total. The van der Waals surface area contributed by atoms with Crippen molar-refractivity contribution in [2.75, 3.05) is 29.0 Å². The Labute approximate surface area is 131 Å². The average Bonchev–Trinajstić information content (AvgIpc) is 3.03. The van der Waals surface area contributed by atoms with Crippen LogP contribution in [0.4, 0.5) is 33.3 Å². The first kappa shape index (κ1) is 14.9. The number of aromatic nitrogens is 2. The zero-order chi connectivity index (χ0) is 16.4. The summed E-state index contributed by atoms with van der Waals surface area (Å²) in [5.41, 5.74) is 5.83.